The SMILES string of the molecule is CCOC(=O)[C@H](Cc1cn(C(=O)[C@@H](N)CC(C)C)c2ccccc12)N(C(O)c1csc(=O)[nH]1)P(=O)(O)OCC. The molecule has 0 fully saturated rings. The smallest absolute Gasteiger partial charge is 0.408 e. The molecule has 0 bridgehead atoms. The average molecular weight is 583 g/mol. The second-order valence-electron chi connectivity index (χ2n) is 9.35. The lowest BCUT2D eigenvalue weighted by atomic mass is 10.0. The summed E-state index contributed by atoms with van der Waals surface area (Å²) in [6.07, 6.45) is -0.121. The number of H-pyrrole nitrogens is 1. The van der Waals surface area contributed by atoms with E-state index in [2.05, 4.69) is 4.98 Å². The molecule has 214 valence electrons. The monoisotopic (exact) mass is 582 g/mol. The summed E-state index contributed by atoms with van der Waals surface area (Å²) in [4.78, 5) is 51.1. The topological polar surface area (TPSA) is 177 Å². The Labute approximate surface area is 229 Å². The molecule has 1 aromatic carbocycles. The third kappa shape index (κ3) is 7.12. The standard InChI is InChI=1S/C25H35N4O8PS/c1-5-36-24(32)21(29(38(34,35)37-6-2)23(31)19-14-39-25(33)27-19)12-16-13-28(20-10-8-7-9-17(16)20)22(30)18(26)11-15(3)4/h7-10,13-15,18,21,23,31H,5-6,11-12,26H2,1-4H3,(H,27,33)(H,34,35)/t18-,21-,23?/m0/s1. The van der Waals surface area contributed by atoms with Gasteiger partial charge in [-0.1, -0.05) is 43.4 Å². The number of aliphatic hydroxyl groups is 1. The normalized spacial score (nSPS) is 15.8. The number of rotatable bonds is 13. The number of hydrogen-bond acceptors (Lipinski definition) is 9. The van der Waals surface area contributed by atoms with E-state index in [1.807, 2.05) is 13.8 Å². The fraction of sp³-hybridized carbons (Fsp3) is 0.480. The Morgan fingerprint density at radius 3 is 2.51 bits per heavy atom. The van der Waals surface area contributed by atoms with Crippen molar-refractivity contribution in [3.63, 3.8) is 0 Å². The highest BCUT2D eigenvalue weighted by molar-refractivity contribution is 7.50. The molecule has 12 nitrogen and oxygen atoms in total. The molecule has 3 rings (SSSR count). The van der Waals surface area contributed by atoms with Gasteiger partial charge in [-0.25, -0.2) is 4.57 Å². The molecule has 0 aliphatic heterocycles. The highest BCUT2D eigenvalue weighted by Gasteiger charge is 2.46. The van der Waals surface area contributed by atoms with Crippen molar-refractivity contribution < 1.29 is 33.4 Å². The van der Waals surface area contributed by atoms with E-state index < -0.39 is 36.9 Å². The Morgan fingerprint density at radius 1 is 1.23 bits per heavy atom. The van der Waals surface area contributed by atoms with E-state index in [1.54, 1.807) is 37.4 Å². The molecule has 0 aliphatic rings. The zero-order valence-corrected chi connectivity index (χ0v) is 24.0. The molecular weight excluding hydrogens is 547 g/mol. The van der Waals surface area contributed by atoms with Crippen LogP contribution >= 0.6 is 19.1 Å². The van der Waals surface area contributed by atoms with Gasteiger partial charge >= 0.3 is 18.6 Å². The summed E-state index contributed by atoms with van der Waals surface area (Å²) < 4.78 is 25.7. The van der Waals surface area contributed by atoms with Gasteiger partial charge in [-0.2, -0.15) is 4.67 Å². The minimum atomic E-state index is -4.82. The number of esters is 1. The highest BCUT2D eigenvalue weighted by atomic mass is 32.1. The number of nitrogens with zero attached hydrogens (tertiary/aromatic N) is 2. The van der Waals surface area contributed by atoms with Gasteiger partial charge in [-0.05, 0) is 37.8 Å². The van der Waals surface area contributed by atoms with Gasteiger partial charge in [0, 0.05) is 23.4 Å². The molecule has 2 heterocycles. The van der Waals surface area contributed by atoms with E-state index in [-0.39, 0.29) is 37.2 Å². The Morgan fingerprint density at radius 2 is 1.92 bits per heavy atom. The summed E-state index contributed by atoms with van der Waals surface area (Å²) in [5.74, 6) is -1.05. The molecule has 5 N–H and O–H groups in total. The van der Waals surface area contributed by atoms with Crippen LogP contribution in [0.15, 0.2) is 40.6 Å². The van der Waals surface area contributed by atoms with Crippen molar-refractivity contribution in [1.29, 1.82) is 0 Å². The van der Waals surface area contributed by atoms with Gasteiger partial charge in [0.1, 0.15) is 6.04 Å². The zero-order valence-electron chi connectivity index (χ0n) is 22.3. The number of aromatic amines is 1. The molecule has 0 amide bonds. The number of thiazole rings is 1. The molecule has 0 spiro atoms. The summed E-state index contributed by atoms with van der Waals surface area (Å²) in [5, 5.41) is 13.0. The number of hydrogen-bond donors (Lipinski definition) is 4. The van der Waals surface area contributed by atoms with Crippen molar-refractivity contribution in [2.24, 2.45) is 11.7 Å². The lowest BCUT2D eigenvalue weighted by molar-refractivity contribution is -0.151. The van der Waals surface area contributed by atoms with Gasteiger partial charge in [0.2, 0.25) is 5.91 Å². The lowest BCUT2D eigenvalue weighted by Gasteiger charge is -2.35. The minimum absolute atomic E-state index is 0.0385. The van der Waals surface area contributed by atoms with E-state index in [4.69, 9.17) is 15.0 Å². The van der Waals surface area contributed by atoms with E-state index >= 15 is 0 Å². The zero-order chi connectivity index (χ0) is 28.9. The number of aliphatic hydroxyl groups excluding tert-OH is 1. The van der Waals surface area contributed by atoms with Crippen LogP contribution in [0.2, 0.25) is 0 Å². The fourth-order valence-corrected chi connectivity index (χ4v) is 6.39. The molecule has 39 heavy (non-hydrogen) atoms. The number of para-hydroxylation sites is 1. The van der Waals surface area contributed by atoms with Crippen LogP contribution in [0.5, 0.6) is 0 Å². The van der Waals surface area contributed by atoms with Crippen LogP contribution in [-0.2, 0) is 25.0 Å². The van der Waals surface area contributed by atoms with Crippen LogP contribution < -0.4 is 10.6 Å². The number of fused-ring (bicyclic) bond motifs is 1. The molecule has 0 saturated carbocycles. The average Bonchev–Trinajstić information content (AvgIpc) is 3.46. The third-order valence-electron chi connectivity index (χ3n) is 6.02. The lowest BCUT2D eigenvalue weighted by Crippen LogP contribution is -2.44. The molecular formula is C25H35N4O8PS. The summed E-state index contributed by atoms with van der Waals surface area (Å²) >= 11 is 0.745. The Bertz CT molecular complexity index is 1400. The molecule has 0 saturated heterocycles. The molecule has 2 unspecified atom stereocenters. The quantitative estimate of drug-likeness (QED) is 0.133. The van der Waals surface area contributed by atoms with Gasteiger partial charge in [-0.3, -0.25) is 23.5 Å². The maximum absolute atomic E-state index is 13.4. The summed E-state index contributed by atoms with van der Waals surface area (Å²) in [5.41, 5.74) is 7.11. The van der Waals surface area contributed by atoms with Gasteiger partial charge in [0.15, 0.2) is 6.23 Å². The number of carbonyl (C=O) groups excluding carboxylic acids is 2. The van der Waals surface area contributed by atoms with Gasteiger partial charge in [0.05, 0.1) is 30.5 Å². The second-order valence-corrected chi connectivity index (χ2v) is 11.9. The van der Waals surface area contributed by atoms with Crippen LogP contribution in [0.25, 0.3) is 10.9 Å². The van der Waals surface area contributed by atoms with Crippen LogP contribution in [0.3, 0.4) is 0 Å². The van der Waals surface area contributed by atoms with Crippen molar-refractivity contribution in [2.75, 3.05) is 13.2 Å². The van der Waals surface area contributed by atoms with Gasteiger partial charge < -0.3 is 25.5 Å². The van der Waals surface area contributed by atoms with Gasteiger partial charge in [-0.15, -0.1) is 0 Å². The number of aromatic nitrogens is 2. The Kier molecular flexibility index (Phi) is 10.4. The fourth-order valence-electron chi connectivity index (χ4n) is 4.40. The minimum Gasteiger partial charge on any atom is -0.465 e. The second kappa shape index (κ2) is 13.1. The van der Waals surface area contributed by atoms with Gasteiger partial charge in [0.25, 0.3) is 0 Å². The summed E-state index contributed by atoms with van der Waals surface area (Å²) in [6, 6.07) is 4.70. The number of nitrogens with two attached hydrogens (primary N) is 1. The summed E-state index contributed by atoms with van der Waals surface area (Å²) in [7, 11) is -4.82. The molecule has 14 heteroatoms. The first kappa shape index (κ1) is 30.9. The first-order valence-electron chi connectivity index (χ1n) is 12.6. The van der Waals surface area contributed by atoms with E-state index in [9.17, 15) is 28.9 Å². The van der Waals surface area contributed by atoms with Crippen molar-refractivity contribution in [3.05, 3.63) is 56.8 Å². The van der Waals surface area contributed by atoms with Crippen LogP contribution in [0.1, 0.15) is 56.4 Å². The number of carbonyl (C=O) groups is 2. The van der Waals surface area contributed by atoms with Crippen molar-refractivity contribution in [1.82, 2.24) is 14.2 Å². The van der Waals surface area contributed by atoms with Crippen molar-refractivity contribution in [3.8, 4) is 0 Å². The molecule has 4 atom stereocenters. The van der Waals surface area contributed by atoms with Crippen LogP contribution in [-0.4, -0.2) is 61.4 Å². The van der Waals surface area contributed by atoms with E-state index in [1.165, 1.54) is 16.9 Å². The number of nitrogens with one attached hydrogen (secondary N) is 1. The number of ether oxygens (including phenoxy) is 1. The van der Waals surface area contributed by atoms with E-state index in [0.29, 0.717) is 27.6 Å². The van der Waals surface area contributed by atoms with Crippen molar-refractivity contribution in [2.45, 2.75) is 58.8 Å². The Hall–Kier alpha value is -2.64. The first-order valence-corrected chi connectivity index (χ1v) is 15.0. The maximum atomic E-state index is 13.4. The summed E-state index contributed by atoms with van der Waals surface area (Å²) in [6.45, 7) is 6.75. The molecule has 3 aromatic rings. The van der Waals surface area contributed by atoms with Crippen molar-refractivity contribution >= 4 is 41.9 Å². The predicted molar refractivity (Wildman–Crippen MR) is 147 cm³/mol. The highest BCUT2D eigenvalue weighted by Crippen LogP contribution is 2.52. The van der Waals surface area contributed by atoms with E-state index in [0.717, 1.165) is 11.3 Å². The first-order chi connectivity index (χ1) is 18.4. The van der Waals surface area contributed by atoms with Crippen LogP contribution in [0.4, 0.5) is 0 Å². The largest absolute Gasteiger partial charge is 0.465 e. The third-order valence-corrected chi connectivity index (χ3v) is 8.39. The molecule has 0 radical (unpaired) electrons. The Balaban J connectivity index is 2.14. The molecule has 0 aliphatic carbocycles. The molecule has 2 aromatic heterocycles. The number of benzene rings is 1. The predicted octanol–water partition coefficient (Wildman–Crippen LogP) is 3.01. The van der Waals surface area contributed by atoms with Crippen LogP contribution in [0, 0.1) is 5.92 Å². The maximum Gasteiger partial charge on any atom is 0.408 e.